The van der Waals surface area contributed by atoms with E-state index in [4.69, 9.17) is 15.2 Å². The van der Waals surface area contributed by atoms with E-state index in [1.54, 1.807) is 0 Å². The van der Waals surface area contributed by atoms with Crippen molar-refractivity contribution in [2.24, 2.45) is 11.7 Å². The van der Waals surface area contributed by atoms with Crippen LogP contribution in [0.15, 0.2) is 0 Å². The number of carbonyl (C=O) groups is 1. The van der Waals surface area contributed by atoms with Gasteiger partial charge in [-0.25, -0.2) is 0 Å². The lowest BCUT2D eigenvalue weighted by Gasteiger charge is -2.24. The third-order valence-corrected chi connectivity index (χ3v) is 3.92. The number of hydrogen-bond acceptors (Lipinski definition) is 4. The Kier molecular flexibility index (Phi) is 4.40. The van der Waals surface area contributed by atoms with Crippen LogP contribution in [0, 0.1) is 5.92 Å². The van der Waals surface area contributed by atoms with Gasteiger partial charge >= 0.3 is 5.97 Å². The maximum absolute atomic E-state index is 11.7. The van der Waals surface area contributed by atoms with Gasteiger partial charge in [0.1, 0.15) is 0 Å². The molecule has 0 bridgehead atoms. The van der Waals surface area contributed by atoms with Crippen LogP contribution in [-0.2, 0) is 14.3 Å². The highest BCUT2D eigenvalue weighted by molar-refractivity contribution is 5.71. The van der Waals surface area contributed by atoms with Gasteiger partial charge in [0.15, 0.2) is 0 Å². The van der Waals surface area contributed by atoms with E-state index in [0.29, 0.717) is 18.9 Å². The molecule has 1 saturated carbocycles. The van der Waals surface area contributed by atoms with Crippen molar-refractivity contribution < 1.29 is 14.3 Å². The average Bonchev–Trinajstić information content (AvgIpc) is 2.74. The summed E-state index contributed by atoms with van der Waals surface area (Å²) < 4.78 is 10.6. The smallest absolute Gasteiger partial charge is 0.307 e. The molecule has 0 spiro atoms. The molecule has 0 aromatic rings. The normalized spacial score (nSPS) is 24.8. The molecule has 98 valence electrons. The molecule has 1 heterocycles. The first kappa shape index (κ1) is 12.8. The fraction of sp³-hybridized carbons (Fsp3) is 0.923. The highest BCUT2D eigenvalue weighted by atomic mass is 16.5. The van der Waals surface area contributed by atoms with Crippen LogP contribution < -0.4 is 5.73 Å². The van der Waals surface area contributed by atoms with E-state index < -0.39 is 0 Å². The van der Waals surface area contributed by atoms with E-state index in [1.165, 1.54) is 0 Å². The number of esters is 1. The summed E-state index contributed by atoms with van der Waals surface area (Å²) in [6, 6.07) is 0. The van der Waals surface area contributed by atoms with Gasteiger partial charge in [0.25, 0.3) is 0 Å². The minimum atomic E-state index is -0.285. The van der Waals surface area contributed by atoms with Crippen molar-refractivity contribution >= 4 is 5.97 Å². The molecule has 2 rings (SSSR count). The van der Waals surface area contributed by atoms with E-state index in [9.17, 15) is 4.79 Å². The summed E-state index contributed by atoms with van der Waals surface area (Å²) >= 11 is 0. The van der Waals surface area contributed by atoms with Crippen LogP contribution in [0.4, 0.5) is 0 Å². The number of rotatable bonds is 4. The van der Waals surface area contributed by atoms with Crippen LogP contribution in [0.1, 0.15) is 44.9 Å². The highest BCUT2D eigenvalue weighted by Gasteiger charge is 2.32. The minimum Gasteiger partial charge on any atom is -0.465 e. The zero-order valence-electron chi connectivity index (χ0n) is 10.5. The zero-order chi connectivity index (χ0) is 12.1. The number of hydrogen-bond donors (Lipinski definition) is 1. The van der Waals surface area contributed by atoms with Crippen molar-refractivity contribution in [2.75, 3.05) is 19.8 Å². The van der Waals surface area contributed by atoms with E-state index in [1.807, 2.05) is 0 Å². The molecule has 0 aromatic heterocycles. The molecule has 0 radical (unpaired) electrons. The first-order valence-corrected chi connectivity index (χ1v) is 6.70. The van der Waals surface area contributed by atoms with Gasteiger partial charge in [0.2, 0.25) is 0 Å². The van der Waals surface area contributed by atoms with E-state index in [2.05, 4.69) is 0 Å². The lowest BCUT2D eigenvalue weighted by molar-refractivity contribution is -0.147. The number of carbonyl (C=O) groups excluding carboxylic acids is 1. The molecule has 2 N–H and O–H groups in total. The van der Waals surface area contributed by atoms with Crippen LogP contribution in [0.2, 0.25) is 0 Å². The number of ether oxygens (including phenoxy) is 2. The Morgan fingerprint density at radius 3 is 2.59 bits per heavy atom. The lowest BCUT2D eigenvalue weighted by atomic mass is 9.95. The highest BCUT2D eigenvalue weighted by Crippen LogP contribution is 2.30. The van der Waals surface area contributed by atoms with Gasteiger partial charge < -0.3 is 15.2 Å². The molecule has 4 heteroatoms. The van der Waals surface area contributed by atoms with E-state index >= 15 is 0 Å². The summed E-state index contributed by atoms with van der Waals surface area (Å²) in [6.07, 6.45) is 6.59. The molecule has 2 fully saturated rings. The van der Waals surface area contributed by atoms with Crippen molar-refractivity contribution in [1.29, 1.82) is 0 Å². The minimum absolute atomic E-state index is 0.124. The van der Waals surface area contributed by atoms with E-state index in [0.717, 1.165) is 51.7 Å². The van der Waals surface area contributed by atoms with Crippen molar-refractivity contribution in [1.82, 2.24) is 0 Å². The summed E-state index contributed by atoms with van der Waals surface area (Å²) in [6.45, 7) is 2.13. The lowest BCUT2D eigenvalue weighted by Crippen LogP contribution is -2.39. The second kappa shape index (κ2) is 5.83. The fourth-order valence-electron chi connectivity index (χ4n) is 2.72. The Hall–Kier alpha value is -0.610. The third kappa shape index (κ3) is 3.96. The summed E-state index contributed by atoms with van der Waals surface area (Å²) in [5.74, 6) is 0.353. The summed E-state index contributed by atoms with van der Waals surface area (Å²) in [4.78, 5) is 11.7. The van der Waals surface area contributed by atoms with Gasteiger partial charge in [-0.3, -0.25) is 4.79 Å². The molecular formula is C13H23NO3. The average molecular weight is 241 g/mol. The monoisotopic (exact) mass is 241 g/mol. The van der Waals surface area contributed by atoms with Crippen LogP contribution in [-0.4, -0.2) is 31.3 Å². The fourth-order valence-corrected chi connectivity index (χ4v) is 2.72. The topological polar surface area (TPSA) is 61.6 Å². The second-order valence-electron chi connectivity index (χ2n) is 5.49. The van der Waals surface area contributed by atoms with E-state index in [-0.39, 0.29) is 11.5 Å². The standard InChI is InChI=1S/C13H23NO3/c14-13(5-1-2-6-13)9-12(15)17-10-11-3-7-16-8-4-11/h11H,1-10,14H2. The molecule has 1 aliphatic carbocycles. The van der Waals surface area contributed by atoms with Crippen molar-refractivity contribution in [3.05, 3.63) is 0 Å². The zero-order valence-corrected chi connectivity index (χ0v) is 10.5. The molecule has 2 aliphatic rings. The molecule has 17 heavy (non-hydrogen) atoms. The van der Waals surface area contributed by atoms with Gasteiger partial charge in [-0.15, -0.1) is 0 Å². The maximum atomic E-state index is 11.7. The van der Waals surface area contributed by atoms with Gasteiger partial charge in [-0.1, -0.05) is 12.8 Å². The molecular weight excluding hydrogens is 218 g/mol. The van der Waals surface area contributed by atoms with Gasteiger partial charge in [0.05, 0.1) is 13.0 Å². The summed E-state index contributed by atoms with van der Waals surface area (Å²) in [5, 5.41) is 0. The summed E-state index contributed by atoms with van der Waals surface area (Å²) in [7, 11) is 0. The Morgan fingerprint density at radius 2 is 1.94 bits per heavy atom. The van der Waals surface area contributed by atoms with Gasteiger partial charge in [-0.05, 0) is 31.6 Å². The second-order valence-corrected chi connectivity index (χ2v) is 5.49. The number of nitrogens with two attached hydrogens (primary N) is 1. The predicted octanol–water partition coefficient (Wildman–Crippen LogP) is 1.62. The van der Waals surface area contributed by atoms with Crippen molar-refractivity contribution in [3.63, 3.8) is 0 Å². The molecule has 1 aliphatic heterocycles. The molecule has 0 amide bonds. The summed E-state index contributed by atoms with van der Waals surface area (Å²) in [5.41, 5.74) is 5.86. The molecule has 0 unspecified atom stereocenters. The van der Waals surface area contributed by atoms with Crippen molar-refractivity contribution in [3.8, 4) is 0 Å². The van der Waals surface area contributed by atoms with Crippen molar-refractivity contribution in [2.45, 2.75) is 50.5 Å². The quantitative estimate of drug-likeness (QED) is 0.760. The third-order valence-electron chi connectivity index (χ3n) is 3.92. The molecule has 4 nitrogen and oxygen atoms in total. The van der Waals surface area contributed by atoms with Gasteiger partial charge in [-0.2, -0.15) is 0 Å². The predicted molar refractivity (Wildman–Crippen MR) is 64.5 cm³/mol. The van der Waals surface area contributed by atoms with Crippen LogP contribution in [0.5, 0.6) is 0 Å². The Bertz CT molecular complexity index is 255. The maximum Gasteiger partial charge on any atom is 0.307 e. The Morgan fingerprint density at radius 1 is 1.29 bits per heavy atom. The Balaban J connectivity index is 1.66. The van der Waals surface area contributed by atoms with Crippen LogP contribution in [0.3, 0.4) is 0 Å². The molecule has 0 aromatic carbocycles. The largest absolute Gasteiger partial charge is 0.465 e. The first-order chi connectivity index (χ1) is 8.18. The van der Waals surface area contributed by atoms with Gasteiger partial charge in [0, 0.05) is 18.8 Å². The molecule has 1 saturated heterocycles. The Labute approximate surface area is 103 Å². The van der Waals surface area contributed by atoms with Crippen LogP contribution in [0.25, 0.3) is 0 Å². The SMILES string of the molecule is NC1(CC(=O)OCC2CCOCC2)CCCC1. The first-order valence-electron chi connectivity index (χ1n) is 6.70. The van der Waals surface area contributed by atoms with Crippen LogP contribution >= 0.6 is 0 Å². The molecule has 0 atom stereocenters.